The van der Waals surface area contributed by atoms with Crippen molar-refractivity contribution in [3.05, 3.63) is 118 Å². The zero-order valence-electron chi connectivity index (χ0n) is 23.9. The molecule has 0 saturated carbocycles. The molecule has 42 heavy (non-hydrogen) atoms. The van der Waals surface area contributed by atoms with Crippen LogP contribution in [-0.2, 0) is 11.3 Å². The average molecular weight is 587 g/mol. The van der Waals surface area contributed by atoms with Crippen molar-refractivity contribution < 1.29 is 18.7 Å². The van der Waals surface area contributed by atoms with Gasteiger partial charge in [-0.05, 0) is 86.9 Å². The van der Waals surface area contributed by atoms with Gasteiger partial charge in [-0.15, -0.1) is 0 Å². The number of aromatic nitrogens is 2. The second-order valence-corrected chi connectivity index (χ2v) is 11.7. The first-order chi connectivity index (χ1) is 20.0. The van der Waals surface area contributed by atoms with E-state index in [2.05, 4.69) is 5.32 Å². The van der Waals surface area contributed by atoms with E-state index in [4.69, 9.17) is 21.4 Å². The van der Waals surface area contributed by atoms with Crippen LogP contribution in [0.15, 0.2) is 78.9 Å². The van der Waals surface area contributed by atoms with Crippen LogP contribution in [0.2, 0.25) is 5.02 Å². The highest BCUT2D eigenvalue weighted by Gasteiger charge is 2.35. The number of ether oxygens (including phenoxy) is 1. The van der Waals surface area contributed by atoms with Crippen LogP contribution in [0.25, 0.3) is 17.3 Å². The summed E-state index contributed by atoms with van der Waals surface area (Å²) in [6, 6.07) is 22.6. The van der Waals surface area contributed by atoms with Crippen LogP contribution in [0.3, 0.4) is 0 Å². The lowest BCUT2D eigenvalue weighted by Gasteiger charge is -2.32. The van der Waals surface area contributed by atoms with Crippen molar-refractivity contribution >= 4 is 35.3 Å². The molecule has 1 unspecified atom stereocenters. The Morgan fingerprint density at radius 1 is 1.00 bits per heavy atom. The van der Waals surface area contributed by atoms with Gasteiger partial charge in [-0.2, -0.15) is 5.10 Å². The van der Waals surface area contributed by atoms with Gasteiger partial charge in [0.25, 0.3) is 5.91 Å². The lowest BCUT2D eigenvalue weighted by atomic mass is 9.97. The maximum atomic E-state index is 13.8. The number of fused-ring (bicyclic) bond motifs is 1. The summed E-state index contributed by atoms with van der Waals surface area (Å²) in [5, 5.41) is 8.42. The SMILES string of the molecule is CC(NC(=O)c1nn(-c2ccc(Cl)cc2)c2c1CN(C(=O)OC(C)(C)C)C/C2=C\c1ccc(F)cc1)c1ccccc1. The number of hydrogen-bond donors (Lipinski definition) is 1. The molecule has 3 aromatic carbocycles. The van der Waals surface area contributed by atoms with Crippen LogP contribution in [0.5, 0.6) is 0 Å². The van der Waals surface area contributed by atoms with Crippen LogP contribution >= 0.6 is 11.6 Å². The number of nitrogens with zero attached hydrogens (tertiary/aromatic N) is 3. The molecule has 1 aliphatic heterocycles. The zero-order chi connectivity index (χ0) is 30.0. The van der Waals surface area contributed by atoms with Gasteiger partial charge < -0.3 is 10.1 Å². The van der Waals surface area contributed by atoms with Crippen LogP contribution in [-0.4, -0.2) is 38.8 Å². The topological polar surface area (TPSA) is 76.5 Å². The number of rotatable bonds is 5. The average Bonchev–Trinajstić information content (AvgIpc) is 3.34. The molecule has 1 atom stereocenters. The Bertz CT molecular complexity index is 1630. The van der Waals surface area contributed by atoms with E-state index in [1.807, 2.05) is 55.5 Å². The van der Waals surface area contributed by atoms with Gasteiger partial charge >= 0.3 is 6.09 Å². The summed E-state index contributed by atoms with van der Waals surface area (Å²) in [7, 11) is 0. The van der Waals surface area contributed by atoms with Gasteiger partial charge in [-0.1, -0.05) is 54.1 Å². The number of carbonyl (C=O) groups excluding carboxylic acids is 2. The number of hydrogen-bond acceptors (Lipinski definition) is 4. The molecular formula is C33H32ClFN4O3. The third-order valence-corrected chi connectivity index (χ3v) is 7.05. The number of nitrogens with one attached hydrogen (secondary N) is 1. The largest absolute Gasteiger partial charge is 0.444 e. The van der Waals surface area contributed by atoms with Gasteiger partial charge in [0.1, 0.15) is 11.4 Å². The van der Waals surface area contributed by atoms with Crippen LogP contribution in [0.1, 0.15) is 66.6 Å². The van der Waals surface area contributed by atoms with Crippen LogP contribution < -0.4 is 5.32 Å². The molecule has 0 bridgehead atoms. The third-order valence-electron chi connectivity index (χ3n) is 6.79. The molecule has 4 aromatic rings. The molecule has 1 aromatic heterocycles. The number of benzene rings is 3. The molecule has 0 aliphatic carbocycles. The lowest BCUT2D eigenvalue weighted by Crippen LogP contribution is -2.40. The molecule has 2 heterocycles. The van der Waals surface area contributed by atoms with Crippen molar-refractivity contribution in [3.8, 4) is 5.69 Å². The molecule has 216 valence electrons. The summed E-state index contributed by atoms with van der Waals surface area (Å²) in [6.45, 7) is 7.62. The molecule has 5 rings (SSSR count). The molecule has 0 radical (unpaired) electrons. The highest BCUT2D eigenvalue weighted by molar-refractivity contribution is 6.30. The second kappa shape index (κ2) is 11.8. The molecule has 7 nitrogen and oxygen atoms in total. The quantitative estimate of drug-likeness (QED) is 0.263. The maximum Gasteiger partial charge on any atom is 0.410 e. The minimum atomic E-state index is -0.711. The fourth-order valence-electron chi connectivity index (χ4n) is 4.83. The third kappa shape index (κ3) is 6.55. The zero-order valence-corrected chi connectivity index (χ0v) is 24.7. The summed E-state index contributed by atoms with van der Waals surface area (Å²) in [6.07, 6.45) is 1.36. The Balaban J connectivity index is 1.65. The number of amides is 2. The predicted molar refractivity (Wildman–Crippen MR) is 162 cm³/mol. The first-order valence-electron chi connectivity index (χ1n) is 13.7. The Morgan fingerprint density at radius 3 is 2.31 bits per heavy atom. The van der Waals surface area contributed by atoms with E-state index in [0.29, 0.717) is 27.5 Å². The van der Waals surface area contributed by atoms with Gasteiger partial charge in [-0.3, -0.25) is 9.69 Å². The molecule has 0 saturated heterocycles. The van der Waals surface area contributed by atoms with Gasteiger partial charge in [0, 0.05) is 10.6 Å². The Morgan fingerprint density at radius 2 is 1.67 bits per heavy atom. The smallest absolute Gasteiger partial charge is 0.410 e. The maximum absolute atomic E-state index is 13.8. The monoisotopic (exact) mass is 586 g/mol. The summed E-state index contributed by atoms with van der Waals surface area (Å²) in [4.78, 5) is 28.7. The fraction of sp³-hybridized carbons (Fsp3) is 0.242. The Hall–Kier alpha value is -4.43. The highest BCUT2D eigenvalue weighted by atomic mass is 35.5. The van der Waals surface area contributed by atoms with E-state index in [1.54, 1.807) is 54.6 Å². The van der Waals surface area contributed by atoms with Crippen LogP contribution in [0.4, 0.5) is 9.18 Å². The van der Waals surface area contributed by atoms with E-state index in [9.17, 15) is 14.0 Å². The predicted octanol–water partition coefficient (Wildman–Crippen LogP) is 7.45. The molecule has 2 amide bonds. The Kier molecular flexibility index (Phi) is 8.18. The van der Waals surface area contributed by atoms with Crippen LogP contribution in [0, 0.1) is 5.82 Å². The van der Waals surface area contributed by atoms with E-state index in [1.165, 1.54) is 12.1 Å². The minimum absolute atomic E-state index is 0.112. The number of halogens is 2. The molecule has 9 heteroatoms. The normalized spacial score (nSPS) is 14.8. The summed E-state index contributed by atoms with van der Waals surface area (Å²) < 4.78 is 21.1. The van der Waals surface area contributed by atoms with Crippen molar-refractivity contribution in [2.45, 2.75) is 45.9 Å². The molecule has 0 spiro atoms. The van der Waals surface area contributed by atoms with Gasteiger partial charge in [-0.25, -0.2) is 13.9 Å². The molecule has 1 aliphatic rings. The van der Waals surface area contributed by atoms with Crippen molar-refractivity contribution in [1.29, 1.82) is 0 Å². The van der Waals surface area contributed by atoms with Crippen molar-refractivity contribution in [2.75, 3.05) is 6.54 Å². The van der Waals surface area contributed by atoms with Crippen molar-refractivity contribution in [2.24, 2.45) is 0 Å². The Labute approximate surface area is 249 Å². The van der Waals surface area contributed by atoms with Crippen molar-refractivity contribution in [3.63, 3.8) is 0 Å². The van der Waals surface area contributed by atoms with Gasteiger partial charge in [0.15, 0.2) is 5.69 Å². The van der Waals surface area contributed by atoms with E-state index < -0.39 is 11.7 Å². The minimum Gasteiger partial charge on any atom is -0.444 e. The summed E-state index contributed by atoms with van der Waals surface area (Å²) in [5.74, 6) is -0.725. The van der Waals surface area contributed by atoms with E-state index in [0.717, 1.165) is 11.1 Å². The summed E-state index contributed by atoms with van der Waals surface area (Å²) in [5.41, 5.74) is 3.83. The van der Waals surface area contributed by atoms with Gasteiger partial charge in [0.05, 0.1) is 30.5 Å². The lowest BCUT2D eigenvalue weighted by molar-refractivity contribution is 0.0254. The van der Waals surface area contributed by atoms with E-state index >= 15 is 0 Å². The highest BCUT2D eigenvalue weighted by Crippen LogP contribution is 2.35. The second-order valence-electron chi connectivity index (χ2n) is 11.2. The summed E-state index contributed by atoms with van der Waals surface area (Å²) >= 11 is 6.18. The fourth-order valence-corrected chi connectivity index (χ4v) is 4.95. The van der Waals surface area contributed by atoms with Gasteiger partial charge in [0.2, 0.25) is 0 Å². The number of carbonyl (C=O) groups is 2. The standard InChI is InChI=1S/C33H32ClFN4O3/c1-21(23-8-6-5-7-9-23)36-31(40)29-28-20-38(32(41)42-33(2,3)4)19-24(18-22-10-14-26(35)15-11-22)30(28)39(37-29)27-16-12-25(34)13-17-27/h5-18,21H,19-20H2,1-4H3,(H,36,40)/b24-18+. The first-order valence-corrected chi connectivity index (χ1v) is 14.0. The van der Waals surface area contributed by atoms with Crippen molar-refractivity contribution in [1.82, 2.24) is 20.0 Å². The van der Waals surface area contributed by atoms with E-state index in [-0.39, 0.29) is 36.5 Å². The molecular weight excluding hydrogens is 555 g/mol. The first kappa shape index (κ1) is 29.1. The molecule has 1 N–H and O–H groups in total. The molecule has 0 fully saturated rings.